The Morgan fingerprint density at radius 3 is 2.77 bits per heavy atom. The number of carbonyl (C=O) groups is 1. The van der Waals surface area contributed by atoms with E-state index in [9.17, 15) is 4.79 Å². The zero-order valence-electron chi connectivity index (χ0n) is 7.33. The smallest absolute Gasteiger partial charge is 0.310 e. The van der Waals surface area contributed by atoms with E-state index in [4.69, 9.17) is 5.11 Å². The van der Waals surface area contributed by atoms with Gasteiger partial charge in [-0.05, 0) is 24.1 Å². The zero-order valence-corrected chi connectivity index (χ0v) is 8.91. The van der Waals surface area contributed by atoms with Gasteiger partial charge in [-0.1, -0.05) is 35.0 Å². The summed E-state index contributed by atoms with van der Waals surface area (Å²) in [6, 6.07) is 7.43. The van der Waals surface area contributed by atoms with Crippen molar-refractivity contribution in [3.8, 4) is 0 Å². The Morgan fingerprint density at radius 2 is 2.31 bits per heavy atom. The van der Waals surface area contributed by atoms with Crippen molar-refractivity contribution in [3.05, 3.63) is 34.3 Å². The zero-order chi connectivity index (χ0) is 9.84. The van der Waals surface area contributed by atoms with Crippen LogP contribution < -0.4 is 0 Å². The lowest BCUT2D eigenvalue weighted by atomic mass is 9.97. The fraction of sp³-hybridized carbons (Fsp3) is 0.300. The van der Waals surface area contributed by atoms with Crippen LogP contribution in [-0.2, 0) is 4.79 Å². The minimum atomic E-state index is -0.763. The highest BCUT2D eigenvalue weighted by Gasteiger charge is 2.16. The second-order valence-electron chi connectivity index (χ2n) is 2.85. The maximum Gasteiger partial charge on any atom is 0.310 e. The summed E-state index contributed by atoms with van der Waals surface area (Å²) in [4.78, 5) is 10.8. The van der Waals surface area contributed by atoms with Gasteiger partial charge >= 0.3 is 5.97 Å². The first kappa shape index (κ1) is 10.3. The van der Waals surface area contributed by atoms with Gasteiger partial charge in [0.25, 0.3) is 0 Å². The molecule has 0 aliphatic carbocycles. The Labute approximate surface area is 85.7 Å². The molecule has 2 nitrogen and oxygen atoms in total. The lowest BCUT2D eigenvalue weighted by Gasteiger charge is -2.09. The first-order chi connectivity index (χ1) is 6.15. The molecular formula is C10H11BrO2. The van der Waals surface area contributed by atoms with E-state index in [0.29, 0.717) is 6.42 Å². The Bertz CT molecular complexity index is 310. The molecule has 0 radical (unpaired) electrons. The number of halogens is 1. The molecule has 0 bridgehead atoms. The van der Waals surface area contributed by atoms with Crippen molar-refractivity contribution in [1.29, 1.82) is 0 Å². The topological polar surface area (TPSA) is 37.3 Å². The van der Waals surface area contributed by atoms with E-state index in [1.807, 2.05) is 31.2 Å². The van der Waals surface area contributed by atoms with Crippen LogP contribution in [0.5, 0.6) is 0 Å². The predicted molar refractivity (Wildman–Crippen MR) is 54.8 cm³/mol. The molecule has 1 rings (SSSR count). The monoisotopic (exact) mass is 242 g/mol. The van der Waals surface area contributed by atoms with Crippen LogP contribution in [0.4, 0.5) is 0 Å². The van der Waals surface area contributed by atoms with Crippen LogP contribution in [0.25, 0.3) is 0 Å². The van der Waals surface area contributed by atoms with Crippen molar-refractivity contribution in [2.75, 3.05) is 0 Å². The summed E-state index contributed by atoms with van der Waals surface area (Å²) in [5, 5.41) is 8.90. The van der Waals surface area contributed by atoms with Crippen molar-refractivity contribution >= 4 is 21.9 Å². The maximum atomic E-state index is 10.8. The lowest BCUT2D eigenvalue weighted by molar-refractivity contribution is -0.138. The molecule has 0 saturated heterocycles. The fourth-order valence-corrected chi connectivity index (χ4v) is 1.69. The van der Waals surface area contributed by atoms with Gasteiger partial charge in [0, 0.05) is 4.47 Å². The molecule has 1 atom stereocenters. The van der Waals surface area contributed by atoms with Crippen molar-refractivity contribution < 1.29 is 9.90 Å². The Hall–Kier alpha value is -0.830. The molecule has 70 valence electrons. The molecule has 1 aromatic rings. The van der Waals surface area contributed by atoms with Crippen LogP contribution in [0.3, 0.4) is 0 Å². The first-order valence-corrected chi connectivity index (χ1v) is 4.92. The van der Waals surface area contributed by atoms with E-state index in [1.165, 1.54) is 0 Å². The molecule has 0 aliphatic rings. The number of hydrogen-bond donors (Lipinski definition) is 1. The van der Waals surface area contributed by atoms with E-state index < -0.39 is 11.9 Å². The average molecular weight is 243 g/mol. The van der Waals surface area contributed by atoms with Crippen LogP contribution >= 0.6 is 15.9 Å². The number of hydrogen-bond acceptors (Lipinski definition) is 1. The normalized spacial score (nSPS) is 12.5. The fourth-order valence-electron chi connectivity index (χ4n) is 1.28. The molecule has 0 aliphatic heterocycles. The molecule has 0 spiro atoms. The Kier molecular flexibility index (Phi) is 3.48. The largest absolute Gasteiger partial charge is 0.481 e. The number of benzene rings is 1. The van der Waals surface area contributed by atoms with Gasteiger partial charge in [-0.2, -0.15) is 0 Å². The molecule has 3 heteroatoms. The van der Waals surface area contributed by atoms with Crippen LogP contribution in [0.1, 0.15) is 24.8 Å². The molecule has 0 unspecified atom stereocenters. The molecule has 0 heterocycles. The Morgan fingerprint density at radius 1 is 1.62 bits per heavy atom. The van der Waals surface area contributed by atoms with Crippen LogP contribution in [-0.4, -0.2) is 11.1 Å². The van der Waals surface area contributed by atoms with E-state index in [0.717, 1.165) is 10.0 Å². The van der Waals surface area contributed by atoms with Crippen molar-refractivity contribution in [2.24, 2.45) is 0 Å². The number of carboxylic acids is 1. The lowest BCUT2D eigenvalue weighted by Crippen LogP contribution is -2.10. The molecule has 0 amide bonds. The molecule has 0 aromatic heterocycles. The molecular weight excluding hydrogens is 232 g/mol. The van der Waals surface area contributed by atoms with E-state index in [-0.39, 0.29) is 0 Å². The van der Waals surface area contributed by atoms with Gasteiger partial charge < -0.3 is 5.11 Å². The van der Waals surface area contributed by atoms with Gasteiger partial charge in [-0.3, -0.25) is 4.79 Å². The molecule has 0 fully saturated rings. The first-order valence-electron chi connectivity index (χ1n) is 4.13. The highest BCUT2D eigenvalue weighted by molar-refractivity contribution is 9.10. The van der Waals surface area contributed by atoms with E-state index >= 15 is 0 Å². The number of carboxylic acid groups (broad SMARTS) is 1. The minimum Gasteiger partial charge on any atom is -0.481 e. The van der Waals surface area contributed by atoms with Gasteiger partial charge in [-0.25, -0.2) is 0 Å². The third-order valence-corrected chi connectivity index (χ3v) is 2.45. The SMILES string of the molecule is CC[C@H](C(=O)O)c1cccc(Br)c1. The van der Waals surface area contributed by atoms with Crippen LogP contribution in [0, 0.1) is 0 Å². The average Bonchev–Trinajstić information content (AvgIpc) is 2.04. The van der Waals surface area contributed by atoms with Gasteiger partial charge in [-0.15, -0.1) is 0 Å². The standard InChI is InChI=1S/C10H11BrO2/c1-2-9(10(12)13)7-4-3-5-8(11)6-7/h3-6,9H,2H2,1H3,(H,12,13)/t9-/m0/s1. The van der Waals surface area contributed by atoms with Gasteiger partial charge in [0.2, 0.25) is 0 Å². The summed E-state index contributed by atoms with van der Waals surface area (Å²) in [7, 11) is 0. The molecule has 1 N–H and O–H groups in total. The summed E-state index contributed by atoms with van der Waals surface area (Å²) in [6.07, 6.45) is 0.617. The van der Waals surface area contributed by atoms with Crippen LogP contribution in [0.15, 0.2) is 28.7 Å². The van der Waals surface area contributed by atoms with E-state index in [2.05, 4.69) is 15.9 Å². The highest BCUT2D eigenvalue weighted by Crippen LogP contribution is 2.22. The van der Waals surface area contributed by atoms with E-state index in [1.54, 1.807) is 0 Å². The van der Waals surface area contributed by atoms with Crippen molar-refractivity contribution in [3.63, 3.8) is 0 Å². The minimum absolute atomic E-state index is 0.391. The van der Waals surface area contributed by atoms with Crippen LogP contribution in [0.2, 0.25) is 0 Å². The second kappa shape index (κ2) is 4.42. The summed E-state index contributed by atoms with van der Waals surface area (Å²) in [5.74, 6) is -1.15. The third-order valence-electron chi connectivity index (χ3n) is 1.96. The van der Waals surface area contributed by atoms with Gasteiger partial charge in [0.05, 0.1) is 5.92 Å². The maximum absolute atomic E-state index is 10.8. The molecule has 1 aromatic carbocycles. The van der Waals surface area contributed by atoms with Gasteiger partial charge in [0.1, 0.15) is 0 Å². The number of rotatable bonds is 3. The third kappa shape index (κ3) is 2.56. The summed E-state index contributed by atoms with van der Waals surface area (Å²) < 4.78 is 0.921. The predicted octanol–water partition coefficient (Wildman–Crippen LogP) is 3.03. The summed E-state index contributed by atoms with van der Waals surface area (Å²) in [6.45, 7) is 1.87. The van der Waals surface area contributed by atoms with Crippen molar-refractivity contribution in [1.82, 2.24) is 0 Å². The van der Waals surface area contributed by atoms with Crippen molar-refractivity contribution in [2.45, 2.75) is 19.3 Å². The highest BCUT2D eigenvalue weighted by atomic mass is 79.9. The second-order valence-corrected chi connectivity index (χ2v) is 3.77. The summed E-state index contributed by atoms with van der Waals surface area (Å²) >= 11 is 3.32. The molecule has 13 heavy (non-hydrogen) atoms. The quantitative estimate of drug-likeness (QED) is 0.885. The summed E-state index contributed by atoms with van der Waals surface area (Å²) in [5.41, 5.74) is 0.851. The molecule has 0 saturated carbocycles. The van der Waals surface area contributed by atoms with Gasteiger partial charge in [0.15, 0.2) is 0 Å². The number of aliphatic carboxylic acids is 1. The Balaban J connectivity index is 2.98.